The van der Waals surface area contributed by atoms with Gasteiger partial charge in [0, 0.05) is 43.3 Å². The van der Waals surface area contributed by atoms with Gasteiger partial charge in [0.1, 0.15) is 22.8 Å². The Morgan fingerprint density at radius 1 is 1.05 bits per heavy atom. The molecule has 4 rings (SSSR count). The first-order valence-electron chi connectivity index (χ1n) is 11.7. The molecule has 0 aliphatic carbocycles. The molecule has 1 saturated heterocycles. The summed E-state index contributed by atoms with van der Waals surface area (Å²) in [5.74, 6) is 0.578. The number of rotatable bonds is 4. The van der Waals surface area contributed by atoms with Crippen molar-refractivity contribution in [2.45, 2.75) is 51.4 Å². The number of pyridine rings is 2. The summed E-state index contributed by atoms with van der Waals surface area (Å²) in [6, 6.07) is 3.85. The number of hydrogen-bond donors (Lipinski definition) is 1. The molecule has 12 heteroatoms. The number of ether oxygens (including phenoxy) is 1. The van der Waals surface area contributed by atoms with Crippen molar-refractivity contribution < 1.29 is 22.7 Å². The third-order valence-corrected chi connectivity index (χ3v) is 5.96. The predicted octanol–water partition coefficient (Wildman–Crippen LogP) is 5.77. The van der Waals surface area contributed by atoms with Gasteiger partial charge in [0.25, 0.3) is 0 Å². The van der Waals surface area contributed by atoms with Crippen LogP contribution in [0.4, 0.5) is 23.8 Å². The molecule has 0 spiro atoms. The fourth-order valence-corrected chi connectivity index (χ4v) is 4.11. The molecule has 37 heavy (non-hydrogen) atoms. The Labute approximate surface area is 217 Å². The van der Waals surface area contributed by atoms with Crippen molar-refractivity contribution in [3.05, 3.63) is 53.6 Å². The molecule has 0 aromatic carbocycles. The van der Waals surface area contributed by atoms with E-state index in [1.165, 1.54) is 12.3 Å². The van der Waals surface area contributed by atoms with Crippen LogP contribution in [0.25, 0.3) is 22.6 Å². The molecule has 196 valence electrons. The second-order valence-electron chi connectivity index (χ2n) is 9.62. The van der Waals surface area contributed by atoms with Crippen molar-refractivity contribution in [1.82, 2.24) is 25.3 Å². The second kappa shape index (κ2) is 10.5. The number of hydrogen-bond acceptors (Lipinski definition) is 7. The molecular weight excluding hydrogens is 509 g/mol. The van der Waals surface area contributed by atoms with E-state index in [4.69, 9.17) is 21.3 Å². The largest absolute Gasteiger partial charge is 0.444 e. The summed E-state index contributed by atoms with van der Waals surface area (Å²) in [5.41, 5.74) is 0.0130. The van der Waals surface area contributed by atoms with Gasteiger partial charge in [0.15, 0.2) is 0 Å². The number of carbonyl (C=O) groups excluding carboxylic acids is 1. The van der Waals surface area contributed by atoms with E-state index >= 15 is 0 Å². The van der Waals surface area contributed by atoms with Gasteiger partial charge in [-0.05, 0) is 51.8 Å². The topological polar surface area (TPSA) is 93.1 Å². The van der Waals surface area contributed by atoms with E-state index in [2.05, 4.69) is 20.3 Å². The van der Waals surface area contributed by atoms with Crippen LogP contribution in [-0.4, -0.2) is 50.8 Å². The number of aromatic nitrogens is 4. The number of alkyl halides is 3. The van der Waals surface area contributed by atoms with Crippen LogP contribution in [0.5, 0.6) is 0 Å². The normalized spacial score (nSPS) is 14.9. The number of nitrogens with zero attached hydrogens (tertiary/aromatic N) is 5. The van der Waals surface area contributed by atoms with E-state index in [0.717, 1.165) is 12.3 Å². The minimum absolute atomic E-state index is 0.0382. The Kier molecular flexibility index (Phi) is 7.54. The molecule has 4 heterocycles. The molecule has 1 fully saturated rings. The molecule has 1 aliphatic heterocycles. The molecule has 8 nitrogen and oxygen atoms in total. The van der Waals surface area contributed by atoms with Crippen molar-refractivity contribution in [2.75, 3.05) is 18.0 Å². The SMILES string of the molecule is CC(C)(C)OC(=O)NC1CCN(c2cnc(-c3ccc(C(F)(F)F)cn3)c(-c3ccncc3Cl)n2)CC1. The Morgan fingerprint density at radius 2 is 1.78 bits per heavy atom. The summed E-state index contributed by atoms with van der Waals surface area (Å²) in [5, 5.41) is 3.22. The van der Waals surface area contributed by atoms with Crippen LogP contribution in [0.15, 0.2) is 43.0 Å². The number of amides is 1. The summed E-state index contributed by atoms with van der Waals surface area (Å²) >= 11 is 6.39. The van der Waals surface area contributed by atoms with Crippen LogP contribution < -0.4 is 10.2 Å². The van der Waals surface area contributed by atoms with Gasteiger partial charge < -0.3 is 15.0 Å². The second-order valence-corrected chi connectivity index (χ2v) is 10.0. The fourth-order valence-electron chi connectivity index (χ4n) is 3.90. The van der Waals surface area contributed by atoms with Gasteiger partial charge in [0.2, 0.25) is 0 Å². The first-order valence-corrected chi connectivity index (χ1v) is 12.0. The third-order valence-electron chi connectivity index (χ3n) is 5.66. The van der Waals surface area contributed by atoms with Gasteiger partial charge in [-0.2, -0.15) is 13.2 Å². The van der Waals surface area contributed by atoms with Gasteiger partial charge in [-0.3, -0.25) is 9.97 Å². The van der Waals surface area contributed by atoms with Crippen LogP contribution in [0.2, 0.25) is 5.02 Å². The van der Waals surface area contributed by atoms with E-state index in [-0.39, 0.29) is 11.7 Å². The van der Waals surface area contributed by atoms with Crippen LogP contribution in [0.1, 0.15) is 39.2 Å². The summed E-state index contributed by atoms with van der Waals surface area (Å²) in [6.45, 7) is 6.64. The van der Waals surface area contributed by atoms with E-state index < -0.39 is 23.4 Å². The summed E-state index contributed by atoms with van der Waals surface area (Å²) in [4.78, 5) is 31.4. The highest BCUT2D eigenvalue weighted by Gasteiger charge is 2.31. The van der Waals surface area contributed by atoms with Gasteiger partial charge in [-0.15, -0.1) is 0 Å². The minimum atomic E-state index is -4.50. The number of nitrogens with one attached hydrogen (secondary N) is 1. The summed E-state index contributed by atoms with van der Waals surface area (Å²) in [7, 11) is 0. The monoisotopic (exact) mass is 534 g/mol. The lowest BCUT2D eigenvalue weighted by Crippen LogP contribution is -2.46. The van der Waals surface area contributed by atoms with E-state index in [1.54, 1.807) is 18.5 Å². The average Bonchev–Trinajstić information content (AvgIpc) is 2.83. The molecule has 1 N–H and O–H groups in total. The van der Waals surface area contributed by atoms with Gasteiger partial charge in [-0.1, -0.05) is 11.6 Å². The van der Waals surface area contributed by atoms with Crippen molar-refractivity contribution >= 4 is 23.5 Å². The smallest absolute Gasteiger partial charge is 0.417 e. The van der Waals surface area contributed by atoms with Crippen LogP contribution in [-0.2, 0) is 10.9 Å². The Morgan fingerprint density at radius 3 is 2.38 bits per heavy atom. The van der Waals surface area contributed by atoms with Crippen molar-refractivity contribution in [3.63, 3.8) is 0 Å². The first-order chi connectivity index (χ1) is 17.4. The van der Waals surface area contributed by atoms with E-state index in [1.807, 2.05) is 25.7 Å². The molecule has 0 radical (unpaired) electrons. The maximum atomic E-state index is 13.0. The molecular formula is C25H26ClF3N6O2. The van der Waals surface area contributed by atoms with Crippen LogP contribution in [0.3, 0.4) is 0 Å². The lowest BCUT2D eigenvalue weighted by Gasteiger charge is -2.33. The van der Waals surface area contributed by atoms with E-state index in [9.17, 15) is 18.0 Å². The minimum Gasteiger partial charge on any atom is -0.444 e. The number of piperidine rings is 1. The molecule has 0 saturated carbocycles. The Bertz CT molecular complexity index is 1260. The highest BCUT2D eigenvalue weighted by Crippen LogP contribution is 2.35. The predicted molar refractivity (Wildman–Crippen MR) is 133 cm³/mol. The Balaban J connectivity index is 1.58. The van der Waals surface area contributed by atoms with Gasteiger partial charge >= 0.3 is 12.3 Å². The zero-order valence-corrected chi connectivity index (χ0v) is 21.3. The van der Waals surface area contributed by atoms with Crippen molar-refractivity contribution in [3.8, 4) is 22.6 Å². The van der Waals surface area contributed by atoms with Crippen LogP contribution >= 0.6 is 11.6 Å². The third kappa shape index (κ3) is 6.65. The zero-order chi connectivity index (χ0) is 26.8. The molecule has 0 atom stereocenters. The lowest BCUT2D eigenvalue weighted by atomic mass is 10.0. The maximum Gasteiger partial charge on any atom is 0.417 e. The first kappa shape index (κ1) is 26.6. The van der Waals surface area contributed by atoms with Gasteiger partial charge in [-0.25, -0.2) is 14.8 Å². The van der Waals surface area contributed by atoms with Gasteiger partial charge in [0.05, 0.1) is 22.5 Å². The molecule has 1 amide bonds. The zero-order valence-electron chi connectivity index (χ0n) is 20.5. The van der Waals surface area contributed by atoms with Crippen LogP contribution in [0, 0.1) is 0 Å². The molecule has 3 aromatic rings. The Hall–Kier alpha value is -3.47. The number of anilines is 1. The molecule has 0 bridgehead atoms. The van der Waals surface area contributed by atoms with Crippen molar-refractivity contribution in [1.29, 1.82) is 0 Å². The summed E-state index contributed by atoms with van der Waals surface area (Å²) in [6.07, 6.45) is 1.75. The van der Waals surface area contributed by atoms with Crippen molar-refractivity contribution in [2.24, 2.45) is 0 Å². The van der Waals surface area contributed by atoms with E-state index in [0.29, 0.717) is 53.7 Å². The average molecular weight is 535 g/mol. The highest BCUT2D eigenvalue weighted by atomic mass is 35.5. The molecule has 0 unspecified atom stereocenters. The molecule has 1 aliphatic rings. The lowest BCUT2D eigenvalue weighted by molar-refractivity contribution is -0.137. The maximum absolute atomic E-state index is 13.0. The number of halogens is 4. The summed E-state index contributed by atoms with van der Waals surface area (Å²) < 4.78 is 44.4. The fraction of sp³-hybridized carbons (Fsp3) is 0.400. The number of alkyl carbamates (subject to hydrolysis) is 1. The standard InChI is InChI=1S/C25H26ClF3N6O2/c1-24(2,3)37-23(36)33-16-7-10-35(11-8-16)20-14-32-22(19-5-4-15(12-31-19)25(27,28)29)21(34-20)17-6-9-30-13-18(17)26/h4-6,9,12-14,16H,7-8,10-11H2,1-3H3,(H,33,36). The quantitative estimate of drug-likeness (QED) is 0.454. The molecule has 3 aromatic heterocycles. The highest BCUT2D eigenvalue weighted by molar-refractivity contribution is 6.33. The number of carbonyl (C=O) groups is 1.